The maximum atomic E-state index is 13.3. The standard InChI is InChI=1S/C15H22FN3O2/c1-15(2,3)11-10-18(8-5-9-19(11)14(20)21)13-7-4-6-12(16)17-13/h4,6-7,11H,5,8-10H2,1-3H3,(H,20,21). The molecule has 21 heavy (non-hydrogen) atoms. The van der Waals surface area contributed by atoms with Crippen molar-refractivity contribution in [2.24, 2.45) is 5.41 Å². The summed E-state index contributed by atoms with van der Waals surface area (Å²) in [6, 6.07) is 4.54. The first kappa shape index (κ1) is 15.5. The van der Waals surface area contributed by atoms with Gasteiger partial charge in [-0.25, -0.2) is 9.78 Å². The Morgan fingerprint density at radius 2 is 2.10 bits per heavy atom. The fraction of sp³-hybridized carbons (Fsp3) is 0.600. The van der Waals surface area contributed by atoms with E-state index >= 15 is 0 Å². The van der Waals surface area contributed by atoms with Crippen LogP contribution >= 0.6 is 0 Å². The number of anilines is 1. The topological polar surface area (TPSA) is 56.7 Å². The summed E-state index contributed by atoms with van der Waals surface area (Å²) in [6.07, 6.45) is -0.194. The minimum Gasteiger partial charge on any atom is -0.465 e. The summed E-state index contributed by atoms with van der Waals surface area (Å²) in [5.41, 5.74) is -0.200. The molecule has 6 heteroatoms. The lowest BCUT2D eigenvalue weighted by molar-refractivity contribution is 0.0902. The van der Waals surface area contributed by atoms with E-state index in [1.54, 1.807) is 12.1 Å². The molecule has 1 aliphatic rings. The molecule has 1 aromatic heterocycles. The smallest absolute Gasteiger partial charge is 0.407 e. The van der Waals surface area contributed by atoms with Gasteiger partial charge in [-0.3, -0.25) is 0 Å². The van der Waals surface area contributed by atoms with Crippen molar-refractivity contribution in [3.05, 3.63) is 24.1 Å². The van der Waals surface area contributed by atoms with Crippen LogP contribution in [0.3, 0.4) is 0 Å². The third-order valence-electron chi connectivity index (χ3n) is 3.87. The molecule has 0 spiro atoms. The molecule has 116 valence electrons. The summed E-state index contributed by atoms with van der Waals surface area (Å²) in [5.74, 6) is 0.0515. The minimum absolute atomic E-state index is 0.164. The molecule has 1 amide bonds. The van der Waals surface area contributed by atoms with Crippen LogP contribution in [0.5, 0.6) is 0 Å². The molecule has 1 saturated heterocycles. The number of aromatic nitrogens is 1. The summed E-state index contributed by atoms with van der Waals surface area (Å²) in [4.78, 5) is 18.9. The molecule has 0 saturated carbocycles. The zero-order chi connectivity index (χ0) is 15.6. The van der Waals surface area contributed by atoms with Crippen LogP contribution < -0.4 is 4.90 Å². The maximum Gasteiger partial charge on any atom is 0.407 e. The van der Waals surface area contributed by atoms with Crippen molar-refractivity contribution in [1.29, 1.82) is 0 Å². The van der Waals surface area contributed by atoms with Crippen molar-refractivity contribution in [3.63, 3.8) is 0 Å². The van der Waals surface area contributed by atoms with Gasteiger partial charge < -0.3 is 14.9 Å². The maximum absolute atomic E-state index is 13.3. The van der Waals surface area contributed by atoms with Crippen LogP contribution in [-0.2, 0) is 0 Å². The predicted molar refractivity (Wildman–Crippen MR) is 79.0 cm³/mol. The van der Waals surface area contributed by atoms with E-state index in [4.69, 9.17) is 0 Å². The van der Waals surface area contributed by atoms with Gasteiger partial charge >= 0.3 is 6.09 Å². The van der Waals surface area contributed by atoms with Crippen LogP contribution in [-0.4, -0.2) is 46.8 Å². The number of carbonyl (C=O) groups is 1. The van der Waals surface area contributed by atoms with E-state index < -0.39 is 12.0 Å². The summed E-state index contributed by atoms with van der Waals surface area (Å²) in [5, 5.41) is 9.43. The van der Waals surface area contributed by atoms with Gasteiger partial charge in [-0.2, -0.15) is 4.39 Å². The van der Waals surface area contributed by atoms with Gasteiger partial charge in [0.25, 0.3) is 0 Å². The quantitative estimate of drug-likeness (QED) is 0.809. The Kier molecular flexibility index (Phi) is 4.34. The van der Waals surface area contributed by atoms with Gasteiger partial charge in [-0.1, -0.05) is 26.8 Å². The lowest BCUT2D eigenvalue weighted by atomic mass is 9.85. The third-order valence-corrected chi connectivity index (χ3v) is 3.87. The number of carboxylic acid groups (broad SMARTS) is 1. The average Bonchev–Trinajstić information content (AvgIpc) is 2.60. The summed E-state index contributed by atoms with van der Waals surface area (Å²) in [6.45, 7) is 7.75. The molecule has 0 aromatic carbocycles. The first-order chi connectivity index (χ1) is 9.79. The number of hydrogen-bond donors (Lipinski definition) is 1. The zero-order valence-electron chi connectivity index (χ0n) is 12.7. The van der Waals surface area contributed by atoms with Crippen LogP contribution in [0.2, 0.25) is 0 Å². The first-order valence-electron chi connectivity index (χ1n) is 7.16. The molecule has 0 aliphatic carbocycles. The van der Waals surface area contributed by atoms with Crippen molar-refractivity contribution in [2.45, 2.75) is 33.2 Å². The third kappa shape index (κ3) is 3.62. The molecule has 0 bridgehead atoms. The van der Waals surface area contributed by atoms with Crippen LogP contribution in [0.15, 0.2) is 18.2 Å². The van der Waals surface area contributed by atoms with Gasteiger partial charge in [-0.15, -0.1) is 0 Å². The Bertz CT molecular complexity index is 516. The fourth-order valence-corrected chi connectivity index (χ4v) is 2.74. The highest BCUT2D eigenvalue weighted by atomic mass is 19.1. The normalized spacial score (nSPS) is 20.3. The van der Waals surface area contributed by atoms with Gasteiger partial charge in [0, 0.05) is 19.6 Å². The van der Waals surface area contributed by atoms with E-state index in [9.17, 15) is 14.3 Å². The zero-order valence-corrected chi connectivity index (χ0v) is 12.7. The van der Waals surface area contributed by atoms with Crippen molar-refractivity contribution in [2.75, 3.05) is 24.5 Å². The molecule has 1 N–H and O–H groups in total. The molecule has 2 heterocycles. The second-order valence-electron chi connectivity index (χ2n) is 6.48. The second kappa shape index (κ2) is 5.87. The van der Waals surface area contributed by atoms with Crippen molar-refractivity contribution < 1.29 is 14.3 Å². The van der Waals surface area contributed by atoms with E-state index in [-0.39, 0.29) is 11.5 Å². The SMILES string of the molecule is CC(C)(C)C1CN(c2cccc(F)n2)CCCN1C(=O)O. The molecule has 1 aliphatic heterocycles. The number of pyridine rings is 1. The van der Waals surface area contributed by atoms with Crippen molar-refractivity contribution in [1.82, 2.24) is 9.88 Å². The van der Waals surface area contributed by atoms with E-state index in [1.165, 1.54) is 11.0 Å². The number of rotatable bonds is 1. The van der Waals surface area contributed by atoms with Crippen LogP contribution in [0.4, 0.5) is 15.0 Å². The van der Waals surface area contributed by atoms with Gasteiger partial charge in [0.1, 0.15) is 5.82 Å². The fourth-order valence-electron chi connectivity index (χ4n) is 2.74. The van der Waals surface area contributed by atoms with Crippen LogP contribution in [0.1, 0.15) is 27.2 Å². The first-order valence-corrected chi connectivity index (χ1v) is 7.16. The number of amides is 1. The minimum atomic E-state index is -0.899. The Morgan fingerprint density at radius 3 is 2.67 bits per heavy atom. The highest BCUT2D eigenvalue weighted by molar-refractivity contribution is 5.66. The molecule has 5 nitrogen and oxygen atoms in total. The van der Waals surface area contributed by atoms with E-state index in [1.807, 2.05) is 25.7 Å². The predicted octanol–water partition coefficient (Wildman–Crippen LogP) is 2.83. The molecular weight excluding hydrogens is 273 g/mol. The highest BCUT2D eigenvalue weighted by Crippen LogP contribution is 2.29. The lowest BCUT2D eigenvalue weighted by Gasteiger charge is -2.39. The second-order valence-corrected chi connectivity index (χ2v) is 6.48. The largest absolute Gasteiger partial charge is 0.465 e. The molecule has 0 radical (unpaired) electrons. The summed E-state index contributed by atoms with van der Waals surface area (Å²) < 4.78 is 13.3. The Hall–Kier alpha value is -1.85. The molecule has 1 unspecified atom stereocenters. The van der Waals surface area contributed by atoms with E-state index in [2.05, 4.69) is 4.98 Å². The van der Waals surface area contributed by atoms with E-state index in [0.29, 0.717) is 31.9 Å². The van der Waals surface area contributed by atoms with Crippen LogP contribution in [0.25, 0.3) is 0 Å². The van der Waals surface area contributed by atoms with Crippen LogP contribution in [0, 0.1) is 11.4 Å². The molecular formula is C15H22FN3O2. The Labute approximate surface area is 124 Å². The molecule has 1 aromatic rings. The van der Waals surface area contributed by atoms with E-state index in [0.717, 1.165) is 0 Å². The molecule has 2 rings (SSSR count). The van der Waals surface area contributed by atoms with Crippen molar-refractivity contribution >= 4 is 11.9 Å². The van der Waals surface area contributed by atoms with Crippen molar-refractivity contribution in [3.8, 4) is 0 Å². The van der Waals surface area contributed by atoms with Gasteiger partial charge in [0.15, 0.2) is 0 Å². The lowest BCUT2D eigenvalue weighted by Crippen LogP contribution is -2.51. The van der Waals surface area contributed by atoms with Gasteiger partial charge in [-0.05, 0) is 24.0 Å². The average molecular weight is 295 g/mol. The highest BCUT2D eigenvalue weighted by Gasteiger charge is 2.36. The summed E-state index contributed by atoms with van der Waals surface area (Å²) >= 11 is 0. The monoisotopic (exact) mass is 295 g/mol. The number of halogens is 1. The molecule has 1 atom stereocenters. The Balaban J connectivity index is 2.29. The molecule has 1 fully saturated rings. The number of nitrogens with zero attached hydrogens (tertiary/aromatic N) is 3. The Morgan fingerprint density at radius 1 is 1.38 bits per heavy atom. The number of hydrogen-bond acceptors (Lipinski definition) is 3. The van der Waals surface area contributed by atoms with Gasteiger partial charge in [0.2, 0.25) is 5.95 Å². The van der Waals surface area contributed by atoms with Gasteiger partial charge in [0.05, 0.1) is 6.04 Å². The summed E-state index contributed by atoms with van der Waals surface area (Å²) in [7, 11) is 0.